The van der Waals surface area contributed by atoms with Crippen LogP contribution in [0.25, 0.3) is 0 Å². The number of aryl methyl sites for hydroxylation is 1. The Morgan fingerprint density at radius 2 is 2.20 bits per heavy atom. The second kappa shape index (κ2) is 11.0. The zero-order chi connectivity index (χ0) is 21.3. The van der Waals surface area contributed by atoms with Crippen molar-refractivity contribution in [1.29, 1.82) is 0 Å². The first kappa shape index (κ1) is 22.1. The Hall–Kier alpha value is -2.58. The lowest BCUT2D eigenvalue weighted by atomic mass is 10.1. The van der Waals surface area contributed by atoms with Crippen molar-refractivity contribution >= 4 is 5.96 Å². The number of para-hydroxylation sites is 1. The second-order valence-corrected chi connectivity index (χ2v) is 7.68. The van der Waals surface area contributed by atoms with Crippen molar-refractivity contribution in [2.75, 3.05) is 53.5 Å². The van der Waals surface area contributed by atoms with Gasteiger partial charge in [0.2, 0.25) is 0 Å². The highest BCUT2D eigenvalue weighted by Crippen LogP contribution is 2.22. The molecule has 8 heteroatoms. The third-order valence-electron chi connectivity index (χ3n) is 4.97. The molecule has 1 unspecified atom stereocenters. The third-order valence-corrected chi connectivity index (χ3v) is 4.97. The summed E-state index contributed by atoms with van der Waals surface area (Å²) in [7, 11) is 6.01. The van der Waals surface area contributed by atoms with Crippen LogP contribution in [0.1, 0.15) is 24.2 Å². The number of rotatable bonds is 8. The van der Waals surface area contributed by atoms with Gasteiger partial charge in [-0.05, 0) is 27.1 Å². The first-order valence-corrected chi connectivity index (χ1v) is 10.6. The van der Waals surface area contributed by atoms with Crippen molar-refractivity contribution in [1.82, 2.24) is 24.9 Å². The highest BCUT2D eigenvalue weighted by Gasteiger charge is 2.25. The minimum atomic E-state index is -0.00189. The number of hydrogen-bond donors (Lipinski definition) is 1. The molecule has 0 bridgehead atoms. The van der Waals surface area contributed by atoms with E-state index in [9.17, 15) is 0 Å². The van der Waals surface area contributed by atoms with Crippen molar-refractivity contribution < 1.29 is 9.47 Å². The fraction of sp³-hybridized carbons (Fsp3) is 0.545. The summed E-state index contributed by atoms with van der Waals surface area (Å²) in [5, 5.41) is 7.70. The monoisotopic (exact) mass is 414 g/mol. The lowest BCUT2D eigenvalue weighted by molar-refractivity contribution is -0.00805. The van der Waals surface area contributed by atoms with Crippen LogP contribution in [-0.4, -0.2) is 79.0 Å². The van der Waals surface area contributed by atoms with Crippen molar-refractivity contribution in [2.45, 2.75) is 19.6 Å². The minimum absolute atomic E-state index is 0.00189. The zero-order valence-electron chi connectivity index (χ0n) is 18.5. The van der Waals surface area contributed by atoms with E-state index >= 15 is 0 Å². The van der Waals surface area contributed by atoms with E-state index in [-0.39, 0.29) is 6.10 Å². The molecule has 8 nitrogen and oxygen atoms in total. The average molecular weight is 415 g/mol. The highest BCUT2D eigenvalue weighted by atomic mass is 16.5. The van der Waals surface area contributed by atoms with Gasteiger partial charge < -0.3 is 24.6 Å². The lowest BCUT2D eigenvalue weighted by Crippen LogP contribution is -2.48. The van der Waals surface area contributed by atoms with Gasteiger partial charge >= 0.3 is 0 Å². The molecule has 2 aromatic rings. The predicted octanol–water partition coefficient (Wildman–Crippen LogP) is 1.90. The van der Waals surface area contributed by atoms with Gasteiger partial charge in [0.05, 0.1) is 25.9 Å². The summed E-state index contributed by atoms with van der Waals surface area (Å²) in [5.74, 6) is 1.80. The predicted molar refractivity (Wildman–Crippen MR) is 119 cm³/mol. The summed E-state index contributed by atoms with van der Waals surface area (Å²) >= 11 is 0. The SMILES string of the molecule is CCNC(=NCc1ccccc1OCCN(C)C)N1CCOC(c2cnn(C)c2)C1. The number of benzene rings is 1. The van der Waals surface area contributed by atoms with Crippen molar-refractivity contribution in [3.05, 3.63) is 47.8 Å². The van der Waals surface area contributed by atoms with E-state index in [0.717, 1.165) is 49.0 Å². The minimum Gasteiger partial charge on any atom is -0.492 e. The molecule has 0 amide bonds. The van der Waals surface area contributed by atoms with Gasteiger partial charge in [0.25, 0.3) is 0 Å². The van der Waals surface area contributed by atoms with E-state index < -0.39 is 0 Å². The van der Waals surface area contributed by atoms with Gasteiger partial charge in [-0.25, -0.2) is 4.99 Å². The van der Waals surface area contributed by atoms with Gasteiger partial charge in [-0.3, -0.25) is 4.68 Å². The van der Waals surface area contributed by atoms with Gasteiger partial charge in [0.1, 0.15) is 18.5 Å². The summed E-state index contributed by atoms with van der Waals surface area (Å²) in [6.07, 6.45) is 3.89. The molecule has 1 saturated heterocycles. The fourth-order valence-corrected chi connectivity index (χ4v) is 3.35. The Bertz CT molecular complexity index is 819. The molecule has 1 aliphatic heterocycles. The van der Waals surface area contributed by atoms with Crippen LogP contribution in [0.3, 0.4) is 0 Å². The maximum Gasteiger partial charge on any atom is 0.194 e. The van der Waals surface area contributed by atoms with Crippen molar-refractivity contribution in [3.8, 4) is 5.75 Å². The van der Waals surface area contributed by atoms with Gasteiger partial charge in [-0.15, -0.1) is 0 Å². The molecule has 30 heavy (non-hydrogen) atoms. The Labute approximate surface area is 179 Å². The van der Waals surface area contributed by atoms with Crippen LogP contribution < -0.4 is 10.1 Å². The Morgan fingerprint density at radius 1 is 1.37 bits per heavy atom. The molecule has 1 aliphatic rings. The van der Waals surface area contributed by atoms with E-state index in [1.165, 1.54) is 0 Å². The molecule has 1 fully saturated rings. The zero-order valence-corrected chi connectivity index (χ0v) is 18.5. The normalized spacial score (nSPS) is 17.4. The van der Waals surface area contributed by atoms with Crippen LogP contribution in [0, 0.1) is 0 Å². The molecule has 164 valence electrons. The number of ether oxygens (including phenoxy) is 2. The van der Waals surface area contributed by atoms with Crippen LogP contribution in [0.2, 0.25) is 0 Å². The number of aliphatic imine (C=N–C) groups is 1. The standard InChI is InChI=1S/C22H34N6O2/c1-5-23-22(28-11-13-30-21(17-28)19-15-25-27(4)16-19)24-14-18-8-6-7-9-20(18)29-12-10-26(2)3/h6-9,15-16,21H,5,10-14,17H2,1-4H3,(H,23,24). The number of guanidine groups is 1. The maximum atomic E-state index is 5.99. The summed E-state index contributed by atoms with van der Waals surface area (Å²) in [4.78, 5) is 9.29. The molecule has 0 spiro atoms. The van der Waals surface area contributed by atoms with Crippen molar-refractivity contribution in [2.24, 2.45) is 12.0 Å². The first-order valence-electron chi connectivity index (χ1n) is 10.6. The van der Waals surface area contributed by atoms with Crippen molar-refractivity contribution in [3.63, 3.8) is 0 Å². The van der Waals surface area contributed by atoms with Crippen LogP contribution >= 0.6 is 0 Å². The smallest absolute Gasteiger partial charge is 0.194 e. The largest absolute Gasteiger partial charge is 0.492 e. The van der Waals surface area contributed by atoms with Crippen LogP contribution in [0.15, 0.2) is 41.7 Å². The van der Waals surface area contributed by atoms with E-state index in [4.69, 9.17) is 14.5 Å². The van der Waals surface area contributed by atoms with Gasteiger partial charge in [-0.2, -0.15) is 5.10 Å². The molecule has 0 aliphatic carbocycles. The topological polar surface area (TPSA) is 67.2 Å². The van der Waals surface area contributed by atoms with E-state index in [2.05, 4.69) is 33.2 Å². The first-order chi connectivity index (χ1) is 14.6. The van der Waals surface area contributed by atoms with E-state index in [0.29, 0.717) is 19.8 Å². The number of aromatic nitrogens is 2. The second-order valence-electron chi connectivity index (χ2n) is 7.68. The summed E-state index contributed by atoms with van der Waals surface area (Å²) < 4.78 is 13.8. The number of likely N-dealkylation sites (N-methyl/N-ethyl adjacent to an activating group) is 1. The highest BCUT2D eigenvalue weighted by molar-refractivity contribution is 5.80. The molecule has 0 saturated carbocycles. The molecular weight excluding hydrogens is 380 g/mol. The molecule has 1 N–H and O–H groups in total. The Kier molecular flexibility index (Phi) is 8.10. The number of nitrogens with zero attached hydrogens (tertiary/aromatic N) is 5. The maximum absolute atomic E-state index is 5.99. The summed E-state index contributed by atoms with van der Waals surface area (Å²) in [5.41, 5.74) is 2.18. The van der Waals surface area contributed by atoms with Crippen LogP contribution in [-0.2, 0) is 18.3 Å². The lowest BCUT2D eigenvalue weighted by Gasteiger charge is -2.34. The molecular formula is C22H34N6O2. The average Bonchev–Trinajstić information content (AvgIpc) is 3.18. The molecule has 3 rings (SSSR count). The molecule has 2 heterocycles. The molecule has 1 atom stereocenters. The van der Waals surface area contributed by atoms with Gasteiger partial charge in [0.15, 0.2) is 5.96 Å². The Morgan fingerprint density at radius 3 is 2.93 bits per heavy atom. The number of hydrogen-bond acceptors (Lipinski definition) is 5. The van der Waals surface area contributed by atoms with Crippen LogP contribution in [0.4, 0.5) is 0 Å². The number of nitrogens with one attached hydrogen (secondary N) is 1. The number of morpholine rings is 1. The molecule has 1 aromatic heterocycles. The van der Waals surface area contributed by atoms with Gasteiger partial charge in [-0.1, -0.05) is 18.2 Å². The molecule has 0 radical (unpaired) electrons. The Balaban J connectivity index is 1.68. The van der Waals surface area contributed by atoms with E-state index in [1.807, 2.05) is 56.4 Å². The van der Waals surface area contributed by atoms with Gasteiger partial charge in [0, 0.05) is 44.0 Å². The van der Waals surface area contributed by atoms with E-state index in [1.54, 1.807) is 0 Å². The fourth-order valence-electron chi connectivity index (χ4n) is 3.35. The third kappa shape index (κ3) is 6.21. The molecule has 1 aromatic carbocycles. The van der Waals surface area contributed by atoms with Crippen LogP contribution in [0.5, 0.6) is 5.75 Å². The summed E-state index contributed by atoms with van der Waals surface area (Å²) in [6, 6.07) is 8.13. The quantitative estimate of drug-likeness (QED) is 0.526. The summed E-state index contributed by atoms with van der Waals surface area (Å²) in [6.45, 7) is 7.22.